The van der Waals surface area contributed by atoms with Crippen LogP contribution in [0.15, 0.2) is 53.1 Å². The summed E-state index contributed by atoms with van der Waals surface area (Å²) in [7, 11) is 1.39. The molecular formula is C28H35N5O7. The Morgan fingerprint density at radius 3 is 2.38 bits per heavy atom. The van der Waals surface area contributed by atoms with Crippen LogP contribution in [0.25, 0.3) is 10.8 Å². The van der Waals surface area contributed by atoms with Gasteiger partial charge in [-0.3, -0.25) is 24.0 Å². The second-order valence-electron chi connectivity index (χ2n) is 10.2. The van der Waals surface area contributed by atoms with Crippen LogP contribution < -0.4 is 21.4 Å². The zero-order valence-corrected chi connectivity index (χ0v) is 23.2. The van der Waals surface area contributed by atoms with Gasteiger partial charge in [0, 0.05) is 19.7 Å². The first-order valence-electron chi connectivity index (χ1n) is 12.7. The molecule has 0 saturated heterocycles. The Labute approximate surface area is 232 Å². The number of carbonyl (C=O) groups excluding carboxylic acids is 4. The van der Waals surface area contributed by atoms with Crippen molar-refractivity contribution in [1.29, 1.82) is 0 Å². The number of hydrogen-bond acceptors (Lipinski definition) is 8. The molecule has 40 heavy (non-hydrogen) atoms. The van der Waals surface area contributed by atoms with Gasteiger partial charge in [-0.1, -0.05) is 47.6 Å². The van der Waals surface area contributed by atoms with E-state index in [9.17, 15) is 19.2 Å². The summed E-state index contributed by atoms with van der Waals surface area (Å²) in [5.41, 5.74) is 2.42. The number of carbonyl (C=O) groups is 4. The van der Waals surface area contributed by atoms with Crippen LogP contribution in [0, 0.1) is 6.92 Å². The van der Waals surface area contributed by atoms with Gasteiger partial charge in [0.25, 0.3) is 5.91 Å². The molecule has 0 aliphatic rings. The Bertz CT molecular complexity index is 1340. The fourth-order valence-electron chi connectivity index (χ4n) is 3.73. The molecule has 0 aliphatic carbocycles. The zero-order chi connectivity index (χ0) is 29.3. The summed E-state index contributed by atoms with van der Waals surface area (Å²) in [4.78, 5) is 56.8. The van der Waals surface area contributed by atoms with Crippen LogP contribution in [0.1, 0.15) is 49.0 Å². The molecule has 4 amide bonds. The molecule has 1 unspecified atom stereocenters. The maximum Gasteiger partial charge on any atom is 0.274 e. The van der Waals surface area contributed by atoms with Gasteiger partial charge in [-0.15, -0.1) is 0 Å². The third-order valence-electron chi connectivity index (χ3n) is 5.64. The predicted octanol–water partition coefficient (Wildman–Crippen LogP) is 1.92. The zero-order valence-electron chi connectivity index (χ0n) is 23.2. The Kier molecular flexibility index (Phi) is 10.3. The average molecular weight is 554 g/mol. The molecule has 0 saturated carbocycles. The molecule has 0 bridgehead atoms. The van der Waals surface area contributed by atoms with E-state index in [1.165, 1.54) is 13.2 Å². The molecule has 1 heterocycles. The van der Waals surface area contributed by atoms with Gasteiger partial charge in [-0.25, -0.2) is 5.48 Å². The maximum atomic E-state index is 13.3. The monoisotopic (exact) mass is 553 g/mol. The van der Waals surface area contributed by atoms with E-state index in [4.69, 9.17) is 14.1 Å². The third kappa shape index (κ3) is 8.89. The number of benzene rings is 2. The number of nitrogens with one attached hydrogen (secondary N) is 4. The van der Waals surface area contributed by atoms with Gasteiger partial charge >= 0.3 is 0 Å². The van der Waals surface area contributed by atoms with E-state index in [-0.39, 0.29) is 18.8 Å². The molecular weight excluding hydrogens is 518 g/mol. The largest absolute Gasteiger partial charge is 0.382 e. The lowest BCUT2D eigenvalue weighted by Crippen LogP contribution is -2.56. The first-order chi connectivity index (χ1) is 19.0. The van der Waals surface area contributed by atoms with Crippen LogP contribution in [0.4, 0.5) is 0 Å². The third-order valence-corrected chi connectivity index (χ3v) is 5.64. The van der Waals surface area contributed by atoms with Gasteiger partial charge < -0.3 is 25.2 Å². The lowest BCUT2D eigenvalue weighted by Gasteiger charge is -2.23. The molecule has 2 aromatic carbocycles. The quantitative estimate of drug-likeness (QED) is 0.247. The minimum Gasteiger partial charge on any atom is -0.382 e. The van der Waals surface area contributed by atoms with Crippen molar-refractivity contribution in [2.24, 2.45) is 0 Å². The summed E-state index contributed by atoms with van der Waals surface area (Å²) in [6.45, 7) is 6.89. The molecule has 12 heteroatoms. The number of amides is 4. The molecule has 214 valence electrons. The normalized spacial score (nSPS) is 12.8. The highest BCUT2D eigenvalue weighted by atomic mass is 16.7. The first kappa shape index (κ1) is 30.3. The smallest absolute Gasteiger partial charge is 0.274 e. The first-order valence-corrected chi connectivity index (χ1v) is 12.7. The number of nitrogens with zero attached hydrogens (tertiary/aromatic N) is 1. The second-order valence-corrected chi connectivity index (χ2v) is 10.2. The highest BCUT2D eigenvalue weighted by molar-refractivity contribution is 5.99. The average Bonchev–Trinajstić information content (AvgIpc) is 3.35. The molecule has 12 nitrogen and oxygen atoms in total. The molecule has 0 fully saturated rings. The molecule has 2 atom stereocenters. The Morgan fingerprint density at radius 1 is 0.975 bits per heavy atom. The number of ether oxygens (including phenoxy) is 1. The fourth-order valence-corrected chi connectivity index (χ4v) is 3.73. The number of aromatic nitrogens is 1. The number of hydroxylamine groups is 1. The number of fused-ring (bicyclic) bond motifs is 1. The highest BCUT2D eigenvalue weighted by Crippen LogP contribution is 2.18. The minimum absolute atomic E-state index is 0.0667. The lowest BCUT2D eigenvalue weighted by atomic mass is 10.0. The Hall–Kier alpha value is -4.29. The number of methoxy groups -OCH3 is 1. The highest BCUT2D eigenvalue weighted by Gasteiger charge is 2.30. The number of rotatable bonds is 12. The van der Waals surface area contributed by atoms with E-state index in [0.717, 1.165) is 16.3 Å². The van der Waals surface area contributed by atoms with Crippen LogP contribution >= 0.6 is 0 Å². The van der Waals surface area contributed by atoms with Crippen molar-refractivity contribution in [3.63, 3.8) is 0 Å². The van der Waals surface area contributed by atoms with E-state index in [1.807, 2.05) is 42.5 Å². The van der Waals surface area contributed by atoms with Crippen molar-refractivity contribution in [1.82, 2.24) is 26.6 Å². The van der Waals surface area contributed by atoms with Gasteiger partial charge in [-0.2, -0.15) is 0 Å². The number of aryl methyl sites for hydroxylation is 1. The topological polar surface area (TPSA) is 161 Å². The molecule has 0 spiro atoms. The molecule has 3 rings (SSSR count). The summed E-state index contributed by atoms with van der Waals surface area (Å²) in [6, 6.07) is 12.5. The maximum absolute atomic E-state index is 13.3. The van der Waals surface area contributed by atoms with Crippen LogP contribution in [0.2, 0.25) is 0 Å². The summed E-state index contributed by atoms with van der Waals surface area (Å²) < 4.78 is 10.1. The lowest BCUT2D eigenvalue weighted by molar-refractivity contribution is -0.147. The fraction of sp³-hybridized carbons (Fsp3) is 0.393. The van der Waals surface area contributed by atoms with Gasteiger partial charge in [-0.05, 0) is 44.0 Å². The summed E-state index contributed by atoms with van der Waals surface area (Å²) in [5, 5.41) is 13.5. The summed E-state index contributed by atoms with van der Waals surface area (Å²) in [5.74, 6) is -2.27. The number of hydrogen-bond donors (Lipinski definition) is 4. The van der Waals surface area contributed by atoms with Crippen molar-refractivity contribution < 1.29 is 33.3 Å². The van der Waals surface area contributed by atoms with E-state index in [2.05, 4.69) is 26.6 Å². The van der Waals surface area contributed by atoms with Crippen LogP contribution in [-0.2, 0) is 30.5 Å². The van der Waals surface area contributed by atoms with Gasteiger partial charge in [0.05, 0.1) is 18.6 Å². The molecule has 1 aromatic heterocycles. The standard InChI is InChI=1S/C28H35N5O7/c1-17-13-22(32-39-17)27(37)30-21(14-24(34)33-40-28(2,3)4)26(36)31-23(16-38-5)25(35)29-15-19-11-8-10-18-9-6-7-12-20(18)19/h6-13,21,23H,14-16H2,1-5H3,(H,29,35)(H,30,37)(H,31,36)(H,33,34)/t21-,23?/m0/s1. The molecule has 3 aromatic rings. The minimum atomic E-state index is -1.36. The van der Waals surface area contributed by atoms with Crippen molar-refractivity contribution >= 4 is 34.4 Å². The molecule has 4 N–H and O–H groups in total. The van der Waals surface area contributed by atoms with Crippen molar-refractivity contribution in [2.45, 2.75) is 58.3 Å². The Morgan fingerprint density at radius 2 is 1.70 bits per heavy atom. The van der Waals surface area contributed by atoms with Crippen molar-refractivity contribution in [3.05, 3.63) is 65.5 Å². The molecule has 0 aliphatic heterocycles. The Balaban J connectivity index is 1.71. The van der Waals surface area contributed by atoms with Crippen LogP contribution in [0.3, 0.4) is 0 Å². The van der Waals surface area contributed by atoms with Crippen molar-refractivity contribution in [3.8, 4) is 0 Å². The van der Waals surface area contributed by atoms with E-state index < -0.39 is 47.7 Å². The second kappa shape index (κ2) is 13.7. The van der Waals surface area contributed by atoms with Crippen molar-refractivity contribution in [2.75, 3.05) is 13.7 Å². The van der Waals surface area contributed by atoms with Gasteiger partial charge in [0.2, 0.25) is 17.7 Å². The molecule has 0 radical (unpaired) electrons. The van der Waals surface area contributed by atoms with Crippen LogP contribution in [0.5, 0.6) is 0 Å². The van der Waals surface area contributed by atoms with Gasteiger partial charge in [0.15, 0.2) is 5.69 Å². The van der Waals surface area contributed by atoms with Crippen LogP contribution in [-0.4, -0.2) is 60.2 Å². The van der Waals surface area contributed by atoms with E-state index >= 15 is 0 Å². The summed E-state index contributed by atoms with van der Waals surface area (Å²) >= 11 is 0. The summed E-state index contributed by atoms with van der Waals surface area (Å²) in [6.07, 6.45) is -0.470. The SMILES string of the molecule is COCC(NC(=O)[C@H](CC(=O)NOC(C)(C)C)NC(=O)c1cc(C)on1)C(=O)NCc1cccc2ccccc12. The van der Waals surface area contributed by atoms with E-state index in [0.29, 0.717) is 5.76 Å². The predicted molar refractivity (Wildman–Crippen MR) is 146 cm³/mol. The van der Waals surface area contributed by atoms with E-state index in [1.54, 1.807) is 27.7 Å². The van der Waals surface area contributed by atoms with Gasteiger partial charge in [0.1, 0.15) is 17.8 Å².